The number of aliphatic imine (C=N–C) groups is 1. The van der Waals surface area contributed by atoms with Gasteiger partial charge in [-0.15, -0.1) is 0 Å². The van der Waals surface area contributed by atoms with Crippen molar-refractivity contribution in [2.24, 2.45) is 4.99 Å². The third-order valence-electron chi connectivity index (χ3n) is 1.88. The van der Waals surface area contributed by atoms with Gasteiger partial charge in [-0.1, -0.05) is 39.0 Å². The van der Waals surface area contributed by atoms with E-state index in [1.165, 1.54) is 19.3 Å². The predicted molar refractivity (Wildman–Crippen MR) is 52.8 cm³/mol. The largest absolute Gasteiger partial charge is 0.426 e. The van der Waals surface area contributed by atoms with E-state index in [0.29, 0.717) is 6.54 Å². The minimum Gasteiger partial charge on any atom is -0.288 e. The van der Waals surface area contributed by atoms with Crippen LogP contribution in [0.4, 0.5) is 13.2 Å². The van der Waals surface area contributed by atoms with E-state index in [-0.39, 0.29) is 6.21 Å². The molecule has 0 aromatic heterocycles. The number of hydrogen-bond acceptors (Lipinski definition) is 1. The maximum absolute atomic E-state index is 11.6. The van der Waals surface area contributed by atoms with E-state index in [0.717, 1.165) is 19.3 Å². The molecule has 0 atom stereocenters. The average Bonchev–Trinajstić information content (AvgIpc) is 2.08. The van der Waals surface area contributed by atoms with Crippen LogP contribution in [-0.4, -0.2) is 18.9 Å². The van der Waals surface area contributed by atoms with Crippen molar-refractivity contribution in [3.8, 4) is 0 Å². The molecule has 0 saturated heterocycles. The second-order valence-corrected chi connectivity index (χ2v) is 3.34. The van der Waals surface area contributed by atoms with Crippen molar-refractivity contribution < 1.29 is 13.2 Å². The third-order valence-corrected chi connectivity index (χ3v) is 1.88. The first-order valence-electron chi connectivity index (χ1n) is 5.14. The minimum absolute atomic E-state index is 0.0824. The Morgan fingerprint density at radius 1 is 1.00 bits per heavy atom. The normalized spacial score (nSPS) is 12.6. The zero-order valence-corrected chi connectivity index (χ0v) is 8.61. The van der Waals surface area contributed by atoms with Crippen LogP contribution in [0.5, 0.6) is 0 Å². The van der Waals surface area contributed by atoms with Crippen molar-refractivity contribution in [2.45, 2.75) is 51.6 Å². The molecule has 0 fully saturated rings. The molecule has 0 aliphatic rings. The fourth-order valence-electron chi connectivity index (χ4n) is 1.15. The van der Waals surface area contributed by atoms with E-state index in [1.54, 1.807) is 0 Å². The van der Waals surface area contributed by atoms with Crippen molar-refractivity contribution in [2.75, 3.05) is 6.54 Å². The van der Waals surface area contributed by atoms with Crippen LogP contribution < -0.4 is 0 Å². The maximum atomic E-state index is 11.6. The zero-order valence-electron chi connectivity index (χ0n) is 8.61. The van der Waals surface area contributed by atoms with Crippen molar-refractivity contribution in [1.29, 1.82) is 0 Å². The van der Waals surface area contributed by atoms with E-state index in [1.807, 2.05) is 0 Å². The van der Waals surface area contributed by atoms with Gasteiger partial charge in [-0.25, -0.2) is 0 Å². The van der Waals surface area contributed by atoms with Crippen molar-refractivity contribution in [1.82, 2.24) is 0 Å². The van der Waals surface area contributed by atoms with Crippen LogP contribution in [0, 0.1) is 0 Å². The second-order valence-electron chi connectivity index (χ2n) is 3.34. The summed E-state index contributed by atoms with van der Waals surface area (Å²) in [5.41, 5.74) is 0. The zero-order chi connectivity index (χ0) is 10.9. The summed E-state index contributed by atoms with van der Waals surface area (Å²) in [7, 11) is 0. The fraction of sp³-hybridized carbons (Fsp3) is 0.900. The van der Waals surface area contributed by atoms with Gasteiger partial charge in [0.15, 0.2) is 0 Å². The Morgan fingerprint density at radius 3 is 2.14 bits per heavy atom. The Hall–Kier alpha value is -0.540. The Labute approximate surface area is 83.4 Å². The van der Waals surface area contributed by atoms with E-state index < -0.39 is 6.18 Å². The molecule has 14 heavy (non-hydrogen) atoms. The van der Waals surface area contributed by atoms with Gasteiger partial charge in [0.05, 0.1) is 0 Å². The van der Waals surface area contributed by atoms with Crippen molar-refractivity contribution in [3.05, 3.63) is 0 Å². The quantitative estimate of drug-likeness (QED) is 0.444. The Morgan fingerprint density at radius 2 is 1.57 bits per heavy atom. The monoisotopic (exact) mass is 209 g/mol. The van der Waals surface area contributed by atoms with Crippen LogP contribution in [0.2, 0.25) is 0 Å². The van der Waals surface area contributed by atoms with Crippen LogP contribution in [0.25, 0.3) is 0 Å². The topological polar surface area (TPSA) is 12.4 Å². The molecule has 1 nitrogen and oxygen atoms in total. The number of alkyl halides is 3. The first kappa shape index (κ1) is 13.5. The highest BCUT2D eigenvalue weighted by Gasteiger charge is 2.22. The molecule has 0 amide bonds. The second kappa shape index (κ2) is 7.83. The Bertz CT molecular complexity index is 152. The standard InChI is InChI=1S/C10H18F3N/c1-2-3-4-5-6-7-8-14-9-10(11,12)13/h9H,2-8H2,1H3. The lowest BCUT2D eigenvalue weighted by Gasteiger charge is -1.99. The van der Waals surface area contributed by atoms with E-state index in [2.05, 4.69) is 11.9 Å². The number of hydrogen-bond donors (Lipinski definition) is 0. The van der Waals surface area contributed by atoms with Gasteiger partial charge in [0.2, 0.25) is 0 Å². The SMILES string of the molecule is CCCCCCCCN=CC(F)(F)F. The molecule has 0 aromatic carbocycles. The lowest BCUT2D eigenvalue weighted by atomic mass is 10.1. The molecule has 0 aliphatic heterocycles. The Balaban J connectivity index is 3.17. The fourth-order valence-corrected chi connectivity index (χ4v) is 1.15. The lowest BCUT2D eigenvalue weighted by molar-refractivity contribution is -0.0537. The summed E-state index contributed by atoms with van der Waals surface area (Å²) in [6.45, 7) is 2.43. The van der Waals surface area contributed by atoms with Crippen LogP contribution in [-0.2, 0) is 0 Å². The molecule has 0 unspecified atom stereocenters. The third kappa shape index (κ3) is 11.5. The van der Waals surface area contributed by atoms with E-state index in [4.69, 9.17) is 0 Å². The summed E-state index contributed by atoms with van der Waals surface area (Å²) < 4.78 is 34.7. The van der Waals surface area contributed by atoms with Crippen LogP contribution in [0.3, 0.4) is 0 Å². The molecule has 0 aromatic rings. The van der Waals surface area contributed by atoms with Gasteiger partial charge >= 0.3 is 6.18 Å². The smallest absolute Gasteiger partial charge is 0.288 e. The molecule has 0 N–H and O–H groups in total. The number of nitrogens with zero attached hydrogens (tertiary/aromatic N) is 1. The van der Waals surface area contributed by atoms with Gasteiger partial charge in [-0.2, -0.15) is 13.2 Å². The summed E-state index contributed by atoms with van der Waals surface area (Å²) in [6, 6.07) is 0. The molecular formula is C10H18F3N. The van der Waals surface area contributed by atoms with Crippen LogP contribution in [0.15, 0.2) is 4.99 Å². The molecular weight excluding hydrogens is 191 g/mol. The molecule has 0 bridgehead atoms. The molecule has 0 rings (SSSR count). The first-order chi connectivity index (χ1) is 6.56. The van der Waals surface area contributed by atoms with Gasteiger partial charge in [0.1, 0.15) is 6.21 Å². The van der Waals surface area contributed by atoms with Gasteiger partial charge in [-0.05, 0) is 6.42 Å². The minimum atomic E-state index is -4.25. The first-order valence-corrected chi connectivity index (χ1v) is 5.14. The highest BCUT2D eigenvalue weighted by Crippen LogP contribution is 2.11. The van der Waals surface area contributed by atoms with Gasteiger partial charge in [0.25, 0.3) is 0 Å². The van der Waals surface area contributed by atoms with Gasteiger partial charge in [0, 0.05) is 6.54 Å². The molecule has 0 aliphatic carbocycles. The van der Waals surface area contributed by atoms with Crippen LogP contribution >= 0.6 is 0 Å². The summed E-state index contributed by atoms with van der Waals surface area (Å²) in [6.07, 6.45) is 2.26. The summed E-state index contributed by atoms with van der Waals surface area (Å²) in [5, 5.41) is 0. The van der Waals surface area contributed by atoms with Crippen molar-refractivity contribution in [3.63, 3.8) is 0 Å². The molecule has 0 spiro atoms. The Kier molecular flexibility index (Phi) is 7.52. The number of halogens is 3. The molecule has 4 heteroatoms. The highest BCUT2D eigenvalue weighted by atomic mass is 19.4. The van der Waals surface area contributed by atoms with E-state index in [9.17, 15) is 13.2 Å². The van der Waals surface area contributed by atoms with Gasteiger partial charge < -0.3 is 0 Å². The highest BCUT2D eigenvalue weighted by molar-refractivity contribution is 5.63. The number of rotatable bonds is 7. The molecule has 0 radical (unpaired) electrons. The molecule has 84 valence electrons. The molecule has 0 saturated carbocycles. The predicted octanol–water partition coefficient (Wildman–Crippen LogP) is 3.98. The van der Waals surface area contributed by atoms with Crippen LogP contribution in [0.1, 0.15) is 45.4 Å². The summed E-state index contributed by atoms with van der Waals surface area (Å²) in [4.78, 5) is 3.31. The summed E-state index contributed by atoms with van der Waals surface area (Å²) in [5.74, 6) is 0. The van der Waals surface area contributed by atoms with Crippen molar-refractivity contribution >= 4 is 6.21 Å². The lowest BCUT2D eigenvalue weighted by Crippen LogP contribution is -2.08. The van der Waals surface area contributed by atoms with E-state index >= 15 is 0 Å². The average molecular weight is 209 g/mol. The molecule has 0 heterocycles. The van der Waals surface area contributed by atoms with Gasteiger partial charge in [-0.3, -0.25) is 4.99 Å². The maximum Gasteiger partial charge on any atom is 0.426 e. The number of unbranched alkanes of at least 4 members (excludes halogenated alkanes) is 5. The summed E-state index contributed by atoms with van der Waals surface area (Å²) >= 11 is 0.